The van der Waals surface area contributed by atoms with Crippen molar-refractivity contribution in [3.8, 4) is 11.6 Å². The van der Waals surface area contributed by atoms with Gasteiger partial charge in [0.15, 0.2) is 17.3 Å². The quantitative estimate of drug-likeness (QED) is 0.375. The molecule has 6 nitrogen and oxygen atoms in total. The molecule has 160 valence electrons. The van der Waals surface area contributed by atoms with Crippen LogP contribution in [0.2, 0.25) is 5.02 Å². The number of oxazole rings is 1. The Hall–Kier alpha value is -1.54. The molecule has 1 saturated heterocycles. The standard InChI is InChI=1S/C21H24ClN5OS.ClH/c1-14-18(28-13-23-14)19-24-25-20(26(19)2)29-8-4-7-27-11-16-10-21(16,12-27)15-5-3-6-17(22)9-15;/h3,5-6,9,13,16H,4,7-8,10-12H2,1-2H3;1H/t16-,21+;/m1./s1. The van der Waals surface area contributed by atoms with Gasteiger partial charge in [-0.15, -0.1) is 22.6 Å². The van der Waals surface area contributed by atoms with Crippen LogP contribution in [0.1, 0.15) is 24.1 Å². The summed E-state index contributed by atoms with van der Waals surface area (Å²) in [7, 11) is 1.97. The van der Waals surface area contributed by atoms with Gasteiger partial charge >= 0.3 is 0 Å². The molecule has 1 aromatic carbocycles. The van der Waals surface area contributed by atoms with Crippen molar-refractivity contribution in [3.05, 3.63) is 46.9 Å². The smallest absolute Gasteiger partial charge is 0.202 e. The van der Waals surface area contributed by atoms with Gasteiger partial charge < -0.3 is 13.9 Å². The van der Waals surface area contributed by atoms with Crippen molar-refractivity contribution >= 4 is 35.8 Å². The summed E-state index contributed by atoms with van der Waals surface area (Å²) in [6, 6.07) is 8.44. The third kappa shape index (κ3) is 3.88. The molecule has 0 N–H and O–H groups in total. The molecule has 5 rings (SSSR count). The maximum atomic E-state index is 6.22. The van der Waals surface area contributed by atoms with Crippen LogP contribution in [0.5, 0.6) is 0 Å². The second-order valence-electron chi connectivity index (χ2n) is 8.14. The van der Waals surface area contributed by atoms with Gasteiger partial charge in [0.1, 0.15) is 0 Å². The highest BCUT2D eigenvalue weighted by atomic mass is 35.5. The third-order valence-electron chi connectivity index (χ3n) is 6.25. The summed E-state index contributed by atoms with van der Waals surface area (Å²) in [5.74, 6) is 3.23. The maximum absolute atomic E-state index is 6.22. The summed E-state index contributed by atoms with van der Waals surface area (Å²) >= 11 is 7.96. The highest BCUT2D eigenvalue weighted by Crippen LogP contribution is 2.59. The van der Waals surface area contributed by atoms with Gasteiger partial charge in [0.05, 0.1) is 5.69 Å². The predicted molar refractivity (Wildman–Crippen MR) is 122 cm³/mol. The van der Waals surface area contributed by atoms with Crippen molar-refractivity contribution in [2.45, 2.75) is 30.3 Å². The number of benzene rings is 1. The van der Waals surface area contributed by atoms with E-state index in [2.05, 4.69) is 38.3 Å². The molecule has 0 unspecified atom stereocenters. The van der Waals surface area contributed by atoms with Crippen LogP contribution in [0, 0.1) is 12.8 Å². The van der Waals surface area contributed by atoms with E-state index in [0.717, 1.165) is 52.9 Å². The Morgan fingerprint density at radius 3 is 2.97 bits per heavy atom. The van der Waals surface area contributed by atoms with Gasteiger partial charge in [-0.1, -0.05) is 35.5 Å². The largest absolute Gasteiger partial charge is 0.440 e. The Morgan fingerprint density at radius 1 is 1.33 bits per heavy atom. The van der Waals surface area contributed by atoms with E-state index in [-0.39, 0.29) is 12.4 Å². The number of fused-ring (bicyclic) bond motifs is 1. The number of hydrogen-bond donors (Lipinski definition) is 0. The van der Waals surface area contributed by atoms with Crippen LogP contribution in [-0.4, -0.2) is 50.0 Å². The van der Waals surface area contributed by atoms with E-state index in [1.54, 1.807) is 11.8 Å². The molecule has 1 aliphatic heterocycles. The van der Waals surface area contributed by atoms with Crippen LogP contribution in [0.4, 0.5) is 0 Å². The molecule has 0 spiro atoms. The van der Waals surface area contributed by atoms with Crippen LogP contribution in [-0.2, 0) is 12.5 Å². The van der Waals surface area contributed by atoms with E-state index in [4.69, 9.17) is 16.0 Å². The van der Waals surface area contributed by atoms with Gasteiger partial charge in [0.2, 0.25) is 5.82 Å². The fraction of sp³-hybridized carbons (Fsp3) is 0.476. The zero-order valence-electron chi connectivity index (χ0n) is 17.0. The van der Waals surface area contributed by atoms with Crippen molar-refractivity contribution in [1.82, 2.24) is 24.6 Å². The molecule has 0 radical (unpaired) electrons. The van der Waals surface area contributed by atoms with Gasteiger partial charge in [-0.25, -0.2) is 4.98 Å². The van der Waals surface area contributed by atoms with E-state index >= 15 is 0 Å². The molecule has 2 aromatic heterocycles. The van der Waals surface area contributed by atoms with Gasteiger partial charge in [0, 0.05) is 36.3 Å². The third-order valence-corrected chi connectivity index (χ3v) is 7.59. The number of aromatic nitrogens is 4. The van der Waals surface area contributed by atoms with Crippen LogP contribution in [0.15, 0.2) is 40.2 Å². The van der Waals surface area contributed by atoms with Crippen molar-refractivity contribution < 1.29 is 4.42 Å². The van der Waals surface area contributed by atoms with Crippen LogP contribution < -0.4 is 0 Å². The SMILES string of the molecule is Cc1ncoc1-c1nnc(SCCCN2C[C@H]3C[C@@]3(c3cccc(Cl)c3)C2)n1C.Cl. The van der Waals surface area contributed by atoms with Gasteiger partial charge in [-0.3, -0.25) is 0 Å². The summed E-state index contributed by atoms with van der Waals surface area (Å²) in [6.07, 6.45) is 3.89. The number of likely N-dealkylation sites (tertiary alicyclic amines) is 1. The minimum atomic E-state index is 0. The molecule has 2 atom stereocenters. The van der Waals surface area contributed by atoms with E-state index in [1.807, 2.05) is 24.6 Å². The lowest BCUT2D eigenvalue weighted by atomic mass is 9.95. The summed E-state index contributed by atoms with van der Waals surface area (Å²) in [5.41, 5.74) is 2.60. The molecule has 0 bridgehead atoms. The number of rotatable bonds is 7. The first-order chi connectivity index (χ1) is 14.1. The molecule has 2 fully saturated rings. The van der Waals surface area contributed by atoms with Gasteiger partial charge in [-0.2, -0.15) is 0 Å². The molecule has 1 saturated carbocycles. The molecule has 30 heavy (non-hydrogen) atoms. The van der Waals surface area contributed by atoms with E-state index < -0.39 is 0 Å². The van der Waals surface area contributed by atoms with Crippen LogP contribution in [0.25, 0.3) is 11.6 Å². The fourth-order valence-electron chi connectivity index (χ4n) is 4.61. The average molecular weight is 466 g/mol. The lowest BCUT2D eigenvalue weighted by Crippen LogP contribution is -2.27. The molecule has 2 aliphatic rings. The lowest BCUT2D eigenvalue weighted by Gasteiger charge is -2.21. The Morgan fingerprint density at radius 2 is 2.20 bits per heavy atom. The zero-order valence-corrected chi connectivity index (χ0v) is 19.4. The zero-order chi connectivity index (χ0) is 20.0. The molecule has 3 heterocycles. The van der Waals surface area contributed by atoms with Crippen LogP contribution >= 0.6 is 35.8 Å². The van der Waals surface area contributed by atoms with Crippen LogP contribution in [0.3, 0.4) is 0 Å². The number of piperidine rings is 1. The highest BCUT2D eigenvalue weighted by Gasteiger charge is 2.60. The summed E-state index contributed by atoms with van der Waals surface area (Å²) in [6.45, 7) is 5.40. The number of aryl methyl sites for hydroxylation is 1. The molecular formula is C21H25Cl2N5OS. The topological polar surface area (TPSA) is 60.0 Å². The fourth-order valence-corrected chi connectivity index (χ4v) is 5.63. The predicted octanol–water partition coefficient (Wildman–Crippen LogP) is 4.61. The average Bonchev–Trinajstić information content (AvgIpc) is 3.01. The normalized spacial score (nSPS) is 22.7. The molecule has 0 amide bonds. The maximum Gasteiger partial charge on any atom is 0.202 e. The van der Waals surface area contributed by atoms with Gasteiger partial charge in [0.25, 0.3) is 0 Å². The first-order valence-electron chi connectivity index (χ1n) is 9.98. The molecule has 1 aliphatic carbocycles. The molecule has 9 heteroatoms. The van der Waals surface area contributed by atoms with E-state index in [1.165, 1.54) is 24.9 Å². The lowest BCUT2D eigenvalue weighted by molar-refractivity contribution is 0.299. The van der Waals surface area contributed by atoms with E-state index in [9.17, 15) is 0 Å². The number of halogens is 2. The van der Waals surface area contributed by atoms with Crippen molar-refractivity contribution in [2.24, 2.45) is 13.0 Å². The van der Waals surface area contributed by atoms with Crippen molar-refractivity contribution in [2.75, 3.05) is 25.4 Å². The Kier molecular flexibility index (Phi) is 6.17. The number of thioether (sulfide) groups is 1. The monoisotopic (exact) mass is 465 g/mol. The molecule has 3 aromatic rings. The first kappa shape index (κ1) is 21.7. The molecular weight excluding hydrogens is 441 g/mol. The van der Waals surface area contributed by atoms with Crippen molar-refractivity contribution in [1.29, 1.82) is 0 Å². The first-order valence-corrected chi connectivity index (χ1v) is 11.3. The summed E-state index contributed by atoms with van der Waals surface area (Å²) in [4.78, 5) is 6.74. The Bertz CT molecular complexity index is 1040. The van der Waals surface area contributed by atoms with E-state index in [0.29, 0.717) is 11.2 Å². The second-order valence-corrected chi connectivity index (χ2v) is 9.64. The Labute approximate surface area is 191 Å². The summed E-state index contributed by atoms with van der Waals surface area (Å²) in [5, 5.41) is 10.4. The Balaban J connectivity index is 0.00000218. The number of nitrogens with zero attached hydrogens (tertiary/aromatic N) is 5. The summed E-state index contributed by atoms with van der Waals surface area (Å²) < 4.78 is 7.43. The van der Waals surface area contributed by atoms with Gasteiger partial charge in [-0.05, 0) is 49.9 Å². The second kappa shape index (κ2) is 8.54. The minimum absolute atomic E-state index is 0. The minimum Gasteiger partial charge on any atom is -0.440 e. The van der Waals surface area contributed by atoms with Crippen molar-refractivity contribution in [3.63, 3.8) is 0 Å². The number of hydrogen-bond acceptors (Lipinski definition) is 6. The highest BCUT2D eigenvalue weighted by molar-refractivity contribution is 7.99.